The molecule has 0 amide bonds. The van der Waals surface area contributed by atoms with Crippen LogP contribution in [0.25, 0.3) is 0 Å². The van der Waals surface area contributed by atoms with Crippen molar-refractivity contribution in [2.45, 2.75) is 72.0 Å². The molecule has 1 aliphatic rings. The average Bonchev–Trinajstić information content (AvgIpc) is 2.65. The molecule has 0 radical (unpaired) electrons. The van der Waals surface area contributed by atoms with Gasteiger partial charge in [0.05, 0.1) is 6.54 Å². The number of aliphatic imine (C=N–C) groups is 1. The second-order valence-electron chi connectivity index (χ2n) is 8.10. The monoisotopic (exact) mass is 421 g/mol. The van der Waals surface area contributed by atoms with Crippen molar-refractivity contribution in [3.8, 4) is 0 Å². The molecule has 0 bridgehead atoms. The Morgan fingerprint density at radius 1 is 1.17 bits per heavy atom. The molecule has 0 aliphatic carbocycles. The minimum absolute atomic E-state index is 0.356. The van der Waals surface area contributed by atoms with Crippen molar-refractivity contribution in [3.63, 3.8) is 0 Å². The van der Waals surface area contributed by atoms with E-state index in [0.717, 1.165) is 64.2 Å². The molecule has 1 rings (SSSR count). The summed E-state index contributed by atoms with van der Waals surface area (Å²) >= 11 is 0. The molecule has 1 heterocycles. The third kappa shape index (κ3) is 12.3. The van der Waals surface area contributed by atoms with Gasteiger partial charge in [-0.25, -0.2) is 0 Å². The largest absolute Gasteiger partial charge is 0.401 e. The summed E-state index contributed by atoms with van der Waals surface area (Å²) in [6.45, 7) is 13.8. The van der Waals surface area contributed by atoms with Gasteiger partial charge in [0.2, 0.25) is 0 Å². The Morgan fingerprint density at radius 3 is 2.38 bits per heavy atom. The summed E-state index contributed by atoms with van der Waals surface area (Å²) in [6.07, 6.45) is 0.761. The number of piperidine rings is 1. The number of halogens is 3. The van der Waals surface area contributed by atoms with Crippen molar-refractivity contribution >= 4 is 5.96 Å². The highest BCUT2D eigenvalue weighted by molar-refractivity contribution is 5.80. The second-order valence-corrected chi connectivity index (χ2v) is 8.10. The molecule has 0 saturated carbocycles. The lowest BCUT2D eigenvalue weighted by Crippen LogP contribution is -2.42. The van der Waals surface area contributed by atoms with E-state index in [1.54, 1.807) is 0 Å². The fourth-order valence-electron chi connectivity index (χ4n) is 3.83. The van der Waals surface area contributed by atoms with Gasteiger partial charge in [-0.05, 0) is 84.6 Å². The third-order valence-corrected chi connectivity index (χ3v) is 5.65. The van der Waals surface area contributed by atoms with Crippen molar-refractivity contribution in [2.24, 2.45) is 10.9 Å². The van der Waals surface area contributed by atoms with E-state index < -0.39 is 12.7 Å². The number of rotatable bonds is 12. The van der Waals surface area contributed by atoms with Gasteiger partial charge in [-0.3, -0.25) is 9.89 Å². The van der Waals surface area contributed by atoms with Crippen LogP contribution in [0, 0.1) is 5.92 Å². The summed E-state index contributed by atoms with van der Waals surface area (Å²) in [5.41, 5.74) is 0. The van der Waals surface area contributed by atoms with E-state index in [2.05, 4.69) is 43.2 Å². The van der Waals surface area contributed by atoms with E-state index in [-0.39, 0.29) is 0 Å². The quantitative estimate of drug-likeness (QED) is 0.372. The number of alkyl halides is 3. The fourth-order valence-corrected chi connectivity index (χ4v) is 3.83. The maximum absolute atomic E-state index is 12.5. The topological polar surface area (TPSA) is 42.9 Å². The number of likely N-dealkylation sites (tertiary alicyclic amines) is 1. The van der Waals surface area contributed by atoms with Gasteiger partial charge < -0.3 is 15.5 Å². The highest BCUT2D eigenvalue weighted by atomic mass is 19.4. The van der Waals surface area contributed by atoms with Gasteiger partial charge in [-0.15, -0.1) is 0 Å². The Morgan fingerprint density at radius 2 is 1.83 bits per heavy atom. The molecule has 5 nitrogen and oxygen atoms in total. The minimum Gasteiger partial charge on any atom is -0.357 e. The van der Waals surface area contributed by atoms with Crippen molar-refractivity contribution in [1.29, 1.82) is 0 Å². The SMILES string of the molecule is CCNC(=NCCC1CCN(CC(F)(F)F)CC1)NC(C)CCCN(CC)CC. The van der Waals surface area contributed by atoms with Crippen LogP contribution in [-0.4, -0.2) is 80.3 Å². The predicted molar refractivity (Wildman–Crippen MR) is 115 cm³/mol. The highest BCUT2D eigenvalue weighted by Gasteiger charge is 2.32. The highest BCUT2D eigenvalue weighted by Crippen LogP contribution is 2.24. The average molecular weight is 422 g/mol. The minimum atomic E-state index is -4.09. The first-order valence-electron chi connectivity index (χ1n) is 11.3. The summed E-state index contributed by atoms with van der Waals surface area (Å²) in [7, 11) is 0. The molecule has 0 aromatic carbocycles. The van der Waals surface area contributed by atoms with E-state index in [4.69, 9.17) is 4.99 Å². The molecule has 0 aromatic rings. The van der Waals surface area contributed by atoms with Crippen molar-refractivity contribution in [2.75, 3.05) is 52.4 Å². The molecule has 29 heavy (non-hydrogen) atoms. The molecule has 2 N–H and O–H groups in total. The number of nitrogens with zero attached hydrogens (tertiary/aromatic N) is 3. The lowest BCUT2D eigenvalue weighted by atomic mass is 9.93. The summed E-state index contributed by atoms with van der Waals surface area (Å²) in [6, 6.07) is 0.356. The number of hydrogen-bond acceptors (Lipinski definition) is 3. The molecule has 8 heteroatoms. The van der Waals surface area contributed by atoms with Gasteiger partial charge in [-0.2, -0.15) is 13.2 Å². The van der Waals surface area contributed by atoms with Crippen LogP contribution in [0.5, 0.6) is 0 Å². The van der Waals surface area contributed by atoms with E-state index >= 15 is 0 Å². The van der Waals surface area contributed by atoms with E-state index in [1.807, 2.05) is 0 Å². The molecule has 1 unspecified atom stereocenters. The molecular weight excluding hydrogens is 379 g/mol. The zero-order valence-corrected chi connectivity index (χ0v) is 18.8. The third-order valence-electron chi connectivity index (χ3n) is 5.65. The molecule has 172 valence electrons. The fraction of sp³-hybridized carbons (Fsp3) is 0.952. The predicted octanol–water partition coefficient (Wildman–Crippen LogP) is 3.72. The summed E-state index contributed by atoms with van der Waals surface area (Å²) in [4.78, 5) is 8.65. The zero-order valence-electron chi connectivity index (χ0n) is 18.8. The Labute approximate surface area is 175 Å². The first-order chi connectivity index (χ1) is 13.8. The maximum atomic E-state index is 12.5. The van der Waals surface area contributed by atoms with E-state index in [0.29, 0.717) is 31.6 Å². The van der Waals surface area contributed by atoms with Gasteiger partial charge in [0.15, 0.2) is 5.96 Å². The standard InChI is InChI=1S/C21H42F3N5/c1-5-25-20(27-18(4)9-8-14-28(6-2)7-3)26-13-10-19-11-15-29(16-12-19)17-21(22,23)24/h18-19H,5-17H2,1-4H3,(H2,25,26,27). The van der Waals surface area contributed by atoms with E-state index in [9.17, 15) is 13.2 Å². The maximum Gasteiger partial charge on any atom is 0.401 e. The number of nitrogens with one attached hydrogen (secondary N) is 2. The van der Waals surface area contributed by atoms with Crippen LogP contribution in [0.1, 0.15) is 59.8 Å². The number of guanidine groups is 1. The van der Waals surface area contributed by atoms with Crippen LogP contribution in [0.2, 0.25) is 0 Å². The first kappa shape index (κ1) is 26.0. The normalized spacial score (nSPS) is 18.3. The smallest absolute Gasteiger partial charge is 0.357 e. The van der Waals surface area contributed by atoms with Crippen LogP contribution < -0.4 is 10.6 Å². The van der Waals surface area contributed by atoms with E-state index in [1.165, 1.54) is 4.90 Å². The van der Waals surface area contributed by atoms with Crippen LogP contribution >= 0.6 is 0 Å². The Hall–Kier alpha value is -1.02. The van der Waals surface area contributed by atoms with Crippen molar-refractivity contribution in [3.05, 3.63) is 0 Å². The van der Waals surface area contributed by atoms with Crippen LogP contribution in [0.3, 0.4) is 0 Å². The van der Waals surface area contributed by atoms with Crippen molar-refractivity contribution in [1.82, 2.24) is 20.4 Å². The molecule has 0 spiro atoms. The van der Waals surface area contributed by atoms with Gasteiger partial charge in [0.1, 0.15) is 0 Å². The summed E-state index contributed by atoms with van der Waals surface area (Å²) in [5, 5.41) is 6.79. The Balaban J connectivity index is 2.31. The lowest BCUT2D eigenvalue weighted by molar-refractivity contribution is -0.148. The summed E-state index contributed by atoms with van der Waals surface area (Å²) < 4.78 is 37.4. The zero-order chi connectivity index (χ0) is 21.7. The molecule has 0 aromatic heterocycles. The molecular formula is C21H42F3N5. The Kier molecular flexibility index (Phi) is 12.6. The van der Waals surface area contributed by atoms with Gasteiger partial charge in [0, 0.05) is 19.1 Å². The van der Waals surface area contributed by atoms with Crippen molar-refractivity contribution < 1.29 is 13.2 Å². The summed E-state index contributed by atoms with van der Waals surface area (Å²) in [5.74, 6) is 1.31. The van der Waals surface area contributed by atoms with Gasteiger partial charge in [0.25, 0.3) is 0 Å². The number of hydrogen-bond donors (Lipinski definition) is 2. The molecule has 1 aliphatic heterocycles. The molecule has 1 fully saturated rings. The lowest BCUT2D eigenvalue weighted by Gasteiger charge is -2.32. The van der Waals surface area contributed by atoms with Crippen LogP contribution in [0.15, 0.2) is 4.99 Å². The first-order valence-corrected chi connectivity index (χ1v) is 11.3. The Bertz CT molecular complexity index is 444. The molecule has 1 atom stereocenters. The van der Waals surface area contributed by atoms with Crippen LogP contribution in [-0.2, 0) is 0 Å². The van der Waals surface area contributed by atoms with Gasteiger partial charge in [-0.1, -0.05) is 13.8 Å². The second kappa shape index (κ2) is 14.1. The van der Waals surface area contributed by atoms with Gasteiger partial charge >= 0.3 is 6.18 Å². The van der Waals surface area contributed by atoms with Crippen LogP contribution in [0.4, 0.5) is 13.2 Å². The molecule has 1 saturated heterocycles.